The van der Waals surface area contributed by atoms with Gasteiger partial charge in [0.15, 0.2) is 0 Å². The van der Waals surface area contributed by atoms with Gasteiger partial charge in [-0.2, -0.15) is 18.2 Å². The van der Waals surface area contributed by atoms with E-state index in [1.165, 1.54) is 11.4 Å². The van der Waals surface area contributed by atoms with Crippen molar-refractivity contribution >= 4 is 0 Å². The van der Waals surface area contributed by atoms with Gasteiger partial charge in [0, 0.05) is 0 Å². The molecule has 0 saturated heterocycles. The Labute approximate surface area is 137 Å². The van der Waals surface area contributed by atoms with E-state index in [1.807, 2.05) is 12.2 Å². The molecule has 1 aliphatic rings. The van der Waals surface area contributed by atoms with E-state index >= 15 is 0 Å². The van der Waals surface area contributed by atoms with E-state index < -0.39 is 0 Å². The number of aromatic nitrogens is 1. The first-order valence-electron chi connectivity index (χ1n) is 6.58. The fraction of sp³-hybridized carbons (Fsp3) is 0.529. The minimum atomic E-state index is 0. The Kier molecular flexibility index (Phi) is 7.29. The van der Waals surface area contributed by atoms with Crippen LogP contribution in [-0.2, 0) is 37.0 Å². The third-order valence-electron chi connectivity index (χ3n) is 2.76. The van der Waals surface area contributed by atoms with E-state index in [0.29, 0.717) is 0 Å². The van der Waals surface area contributed by atoms with Crippen LogP contribution in [0.2, 0.25) is 0 Å². The molecule has 0 N–H and O–H groups in total. The molecule has 19 heavy (non-hydrogen) atoms. The van der Waals surface area contributed by atoms with Gasteiger partial charge in [-0.25, -0.2) is 12.2 Å². The van der Waals surface area contributed by atoms with Gasteiger partial charge in [-0.3, -0.25) is 6.08 Å². The number of hydrogen-bond donors (Lipinski definition) is 0. The second-order valence-corrected chi connectivity index (χ2v) is 6.72. The Hall–Kier alpha value is -0.357. The van der Waals surface area contributed by atoms with E-state index in [9.17, 15) is 0 Å². The molecule has 1 heterocycles. The molecule has 2 heteroatoms. The van der Waals surface area contributed by atoms with E-state index in [-0.39, 0.29) is 37.0 Å². The summed E-state index contributed by atoms with van der Waals surface area (Å²) < 4.78 is 0. The van der Waals surface area contributed by atoms with Gasteiger partial charge in [-0.15, -0.1) is 12.1 Å². The van der Waals surface area contributed by atoms with Crippen LogP contribution in [0.25, 0.3) is 0 Å². The van der Waals surface area contributed by atoms with Crippen LogP contribution >= 0.6 is 0 Å². The standard InChI is InChI=1S/C12H20N.C5H5.Zr/c1-11(2,3)9-7-8-10(13-9)12(4,5)6;1-2-4-5-3-1;/h7-8H,1-6H3;1-3H,4H2;/q2*-1;+2. The van der Waals surface area contributed by atoms with Gasteiger partial charge < -0.3 is 4.98 Å². The summed E-state index contributed by atoms with van der Waals surface area (Å²) in [6.07, 6.45) is 10.0. The average molecular weight is 335 g/mol. The maximum absolute atomic E-state index is 4.65. The monoisotopic (exact) mass is 333 g/mol. The fourth-order valence-electron chi connectivity index (χ4n) is 1.54. The summed E-state index contributed by atoms with van der Waals surface area (Å²) in [6, 6.07) is 4.28. The number of nitrogens with zero attached hydrogens (tertiary/aromatic N) is 1. The summed E-state index contributed by atoms with van der Waals surface area (Å²) in [6.45, 7) is 13.2. The van der Waals surface area contributed by atoms with Gasteiger partial charge in [-0.05, 0) is 5.41 Å². The Bertz CT molecular complexity index is 386. The van der Waals surface area contributed by atoms with Gasteiger partial charge >= 0.3 is 26.2 Å². The SMILES string of the molecule is CC(C)(C)c1cc[c-](C(C)(C)C)n1.[C-]1=CC=CC1.[Zr+2]. The summed E-state index contributed by atoms with van der Waals surface area (Å²) in [4.78, 5) is 4.65. The predicted octanol–water partition coefficient (Wildman–Crippen LogP) is 4.70. The molecule has 0 atom stereocenters. The molecule has 1 nitrogen and oxygen atoms in total. The van der Waals surface area contributed by atoms with Crippen molar-refractivity contribution in [3.63, 3.8) is 0 Å². The zero-order valence-electron chi connectivity index (χ0n) is 13.0. The fourth-order valence-corrected chi connectivity index (χ4v) is 1.54. The maximum atomic E-state index is 4.65. The first-order chi connectivity index (χ1) is 8.21. The van der Waals surface area contributed by atoms with E-state index in [0.717, 1.165) is 6.42 Å². The quantitative estimate of drug-likeness (QED) is 0.627. The molecule has 0 aliphatic heterocycles. The van der Waals surface area contributed by atoms with E-state index in [1.54, 1.807) is 0 Å². The number of allylic oxidation sites excluding steroid dienone is 4. The molecular weight excluding hydrogens is 309 g/mol. The first-order valence-corrected chi connectivity index (χ1v) is 6.58. The Balaban J connectivity index is 0.000000454. The average Bonchev–Trinajstić information content (AvgIpc) is 2.91. The summed E-state index contributed by atoms with van der Waals surface area (Å²) in [5, 5.41) is 0. The van der Waals surface area contributed by atoms with Gasteiger partial charge in [0.1, 0.15) is 0 Å². The summed E-state index contributed by atoms with van der Waals surface area (Å²) in [5.74, 6) is 0. The smallest absolute Gasteiger partial charge is 0.395 e. The van der Waals surface area contributed by atoms with Crippen LogP contribution in [0.3, 0.4) is 0 Å². The zero-order chi connectivity index (χ0) is 13.8. The molecule has 0 spiro atoms. The molecule has 0 amide bonds. The Morgan fingerprint density at radius 1 is 1.16 bits per heavy atom. The van der Waals surface area contributed by atoms with Crippen LogP contribution in [-0.4, -0.2) is 4.98 Å². The van der Waals surface area contributed by atoms with Crippen molar-refractivity contribution in [1.82, 2.24) is 4.98 Å². The molecule has 0 bridgehead atoms. The topological polar surface area (TPSA) is 12.9 Å². The first kappa shape index (κ1) is 18.6. The molecule has 1 aromatic rings. The van der Waals surface area contributed by atoms with Crippen LogP contribution in [0.1, 0.15) is 59.4 Å². The van der Waals surface area contributed by atoms with Crippen LogP contribution in [0, 0.1) is 6.08 Å². The van der Waals surface area contributed by atoms with Gasteiger partial charge in [0.2, 0.25) is 0 Å². The second kappa shape index (κ2) is 7.43. The maximum Gasteiger partial charge on any atom is 2.00 e. The molecule has 1 aliphatic carbocycles. The molecule has 0 fully saturated rings. The normalized spacial score (nSPS) is 13.8. The van der Waals surface area contributed by atoms with E-state index in [2.05, 4.69) is 70.8 Å². The second-order valence-electron chi connectivity index (χ2n) is 6.72. The van der Waals surface area contributed by atoms with Crippen molar-refractivity contribution in [2.45, 2.75) is 58.8 Å². The Morgan fingerprint density at radius 3 is 2.00 bits per heavy atom. The molecule has 0 unspecified atom stereocenters. The van der Waals surface area contributed by atoms with Gasteiger partial charge in [-0.1, -0.05) is 52.7 Å². The van der Waals surface area contributed by atoms with Crippen LogP contribution in [0.15, 0.2) is 30.4 Å². The zero-order valence-corrected chi connectivity index (χ0v) is 15.5. The summed E-state index contributed by atoms with van der Waals surface area (Å²) in [5.41, 5.74) is 2.72. The molecular formula is C17H25NZr. The minimum absolute atomic E-state index is 0. The van der Waals surface area contributed by atoms with Crippen molar-refractivity contribution < 1.29 is 26.2 Å². The molecule has 102 valence electrons. The number of rotatable bonds is 0. The largest absolute Gasteiger partial charge is 2.00 e. The van der Waals surface area contributed by atoms with Crippen molar-refractivity contribution in [2.75, 3.05) is 0 Å². The predicted molar refractivity (Wildman–Crippen MR) is 78.8 cm³/mol. The molecule has 2 rings (SSSR count). The third-order valence-corrected chi connectivity index (χ3v) is 2.76. The van der Waals surface area contributed by atoms with E-state index in [4.69, 9.17) is 0 Å². The molecule has 0 saturated carbocycles. The third kappa shape index (κ3) is 6.57. The van der Waals surface area contributed by atoms with Crippen molar-refractivity contribution in [3.8, 4) is 0 Å². The van der Waals surface area contributed by atoms with Crippen LogP contribution in [0.5, 0.6) is 0 Å². The van der Waals surface area contributed by atoms with Gasteiger partial charge in [0.25, 0.3) is 0 Å². The van der Waals surface area contributed by atoms with Crippen molar-refractivity contribution in [3.05, 3.63) is 47.8 Å². The van der Waals surface area contributed by atoms with Gasteiger partial charge in [0.05, 0.1) is 0 Å². The molecule has 0 aromatic carbocycles. The van der Waals surface area contributed by atoms with Crippen molar-refractivity contribution in [1.29, 1.82) is 0 Å². The van der Waals surface area contributed by atoms with Crippen LogP contribution in [0.4, 0.5) is 0 Å². The summed E-state index contributed by atoms with van der Waals surface area (Å²) in [7, 11) is 0. The number of hydrogen-bond acceptors (Lipinski definition) is 1. The van der Waals surface area contributed by atoms with Crippen molar-refractivity contribution in [2.24, 2.45) is 0 Å². The Morgan fingerprint density at radius 2 is 1.79 bits per heavy atom. The molecule has 1 aromatic heterocycles. The minimum Gasteiger partial charge on any atom is -0.395 e. The summed E-state index contributed by atoms with van der Waals surface area (Å²) >= 11 is 0. The molecule has 0 radical (unpaired) electrons. The van der Waals surface area contributed by atoms with Crippen LogP contribution < -0.4 is 0 Å².